The molecule has 200 valence electrons. The number of alkyl halides is 6. The summed E-state index contributed by atoms with van der Waals surface area (Å²) in [5.41, 5.74) is -2.46. The number of hydrogen-bond donors (Lipinski definition) is 0. The fourth-order valence-electron chi connectivity index (χ4n) is 3.92. The van der Waals surface area contributed by atoms with Crippen LogP contribution in [0.1, 0.15) is 38.8 Å². The molecule has 0 radical (unpaired) electrons. The molecule has 0 aliphatic carbocycles. The van der Waals surface area contributed by atoms with E-state index in [2.05, 4.69) is 25.9 Å². The third kappa shape index (κ3) is 5.67. The van der Waals surface area contributed by atoms with Crippen LogP contribution in [0.5, 0.6) is 0 Å². The second-order valence-electron chi connectivity index (χ2n) is 9.76. The molecule has 5 rings (SSSR count). The van der Waals surface area contributed by atoms with E-state index >= 15 is 0 Å². The van der Waals surface area contributed by atoms with Gasteiger partial charge in [-0.1, -0.05) is 34.1 Å². The largest absolute Gasteiger partial charge is 0.494 e. The van der Waals surface area contributed by atoms with Crippen molar-refractivity contribution in [3.8, 4) is 0 Å². The first kappa shape index (κ1) is 28.3. The first-order valence-electron chi connectivity index (χ1n) is 11.4. The fraction of sp³-hybridized carbons (Fsp3) is 0.308. The monoisotopic (exact) mass is 598 g/mol. The molecule has 3 heterocycles. The quantitative estimate of drug-likeness (QED) is 0.167. The van der Waals surface area contributed by atoms with Crippen LogP contribution in [-0.2, 0) is 21.7 Å². The highest BCUT2D eigenvalue weighted by molar-refractivity contribution is 9.10. The third-order valence-corrected chi connectivity index (χ3v) is 6.99. The Morgan fingerprint density at radius 1 is 0.711 bits per heavy atom. The number of aromatic nitrogens is 2. The van der Waals surface area contributed by atoms with E-state index in [1.54, 1.807) is 36.4 Å². The number of benzene rings is 2. The van der Waals surface area contributed by atoms with Crippen molar-refractivity contribution in [2.75, 3.05) is 0 Å². The highest BCUT2D eigenvalue weighted by atomic mass is 79.9. The van der Waals surface area contributed by atoms with Gasteiger partial charge in [-0.05, 0) is 63.5 Å². The lowest BCUT2D eigenvalue weighted by molar-refractivity contribution is -0.137. The molecule has 0 saturated carbocycles. The Morgan fingerprint density at radius 2 is 1.16 bits per heavy atom. The molecule has 1 saturated heterocycles. The van der Waals surface area contributed by atoms with Gasteiger partial charge in [-0.3, -0.25) is 9.97 Å². The van der Waals surface area contributed by atoms with Crippen LogP contribution >= 0.6 is 15.9 Å². The van der Waals surface area contributed by atoms with Crippen LogP contribution in [0.4, 0.5) is 26.3 Å². The van der Waals surface area contributed by atoms with E-state index in [9.17, 15) is 26.3 Å². The number of fused-ring (bicyclic) bond motifs is 2. The summed E-state index contributed by atoms with van der Waals surface area (Å²) >= 11 is 3.05. The molecule has 4 aromatic rings. The molecule has 12 heteroatoms. The second kappa shape index (κ2) is 9.80. The Hall–Kier alpha value is -2.70. The summed E-state index contributed by atoms with van der Waals surface area (Å²) in [5.74, 6) is 0. The number of pyridine rings is 2. The SMILES string of the molecule is CC1(C)OB(c2cc(C(F)(F)F)c3ncccc3c2)OC1(C)C.FC(F)(F)c1cc(Br)cc2cccnc12. The molecule has 0 bridgehead atoms. The van der Waals surface area contributed by atoms with Crippen molar-refractivity contribution in [1.29, 1.82) is 0 Å². The minimum absolute atomic E-state index is 0.0202. The standard InChI is InChI=1S/C16H17BF3NO2.C10H5BrF3N/c1-14(2)15(3,4)23-17(22-14)11-8-10-6-5-7-21-13(10)12(9-11)16(18,19)20;11-7-4-6-2-1-3-15-9(6)8(5-7)10(12,13)14/h5-9H,1-4H3;1-5H. The number of hydrogen-bond acceptors (Lipinski definition) is 4. The van der Waals surface area contributed by atoms with Crippen molar-refractivity contribution in [2.45, 2.75) is 51.2 Å². The van der Waals surface area contributed by atoms with Crippen LogP contribution in [0, 0.1) is 0 Å². The normalized spacial score (nSPS) is 17.0. The molecule has 0 atom stereocenters. The van der Waals surface area contributed by atoms with Gasteiger partial charge < -0.3 is 9.31 Å². The fourth-order valence-corrected chi connectivity index (χ4v) is 4.39. The lowest BCUT2D eigenvalue weighted by Gasteiger charge is -2.32. The van der Waals surface area contributed by atoms with Crippen LogP contribution in [0.2, 0.25) is 0 Å². The maximum atomic E-state index is 13.4. The molecular formula is C26H22BBrF6N2O2. The van der Waals surface area contributed by atoms with Gasteiger partial charge in [0.2, 0.25) is 0 Å². The van der Waals surface area contributed by atoms with Crippen molar-refractivity contribution in [1.82, 2.24) is 9.97 Å². The maximum Gasteiger partial charge on any atom is 0.494 e. The van der Waals surface area contributed by atoms with Gasteiger partial charge in [0.15, 0.2) is 0 Å². The minimum atomic E-state index is -4.49. The first-order chi connectivity index (χ1) is 17.5. The lowest BCUT2D eigenvalue weighted by Crippen LogP contribution is -2.41. The Bertz CT molecular complexity index is 1470. The summed E-state index contributed by atoms with van der Waals surface area (Å²) in [6, 6.07) is 11.8. The molecule has 0 N–H and O–H groups in total. The van der Waals surface area contributed by atoms with Crippen molar-refractivity contribution in [3.63, 3.8) is 0 Å². The Labute approximate surface area is 223 Å². The van der Waals surface area contributed by atoms with Crippen molar-refractivity contribution in [2.24, 2.45) is 0 Å². The zero-order valence-corrected chi connectivity index (χ0v) is 22.3. The maximum absolute atomic E-state index is 13.4. The molecule has 38 heavy (non-hydrogen) atoms. The van der Waals surface area contributed by atoms with Crippen molar-refractivity contribution < 1.29 is 35.7 Å². The molecule has 1 aliphatic rings. The average Bonchev–Trinajstić information content (AvgIpc) is 3.03. The van der Waals surface area contributed by atoms with Crippen LogP contribution in [0.3, 0.4) is 0 Å². The third-order valence-electron chi connectivity index (χ3n) is 6.53. The molecular weight excluding hydrogens is 577 g/mol. The molecule has 4 nitrogen and oxygen atoms in total. The number of rotatable bonds is 1. The Kier molecular flexibility index (Phi) is 7.30. The van der Waals surface area contributed by atoms with Gasteiger partial charge in [0.05, 0.1) is 33.4 Å². The Morgan fingerprint density at radius 3 is 1.63 bits per heavy atom. The van der Waals surface area contributed by atoms with E-state index in [0.29, 0.717) is 20.7 Å². The molecule has 1 fully saturated rings. The van der Waals surface area contributed by atoms with Gasteiger partial charge in [0, 0.05) is 27.6 Å². The van der Waals surface area contributed by atoms with Gasteiger partial charge in [-0.25, -0.2) is 0 Å². The highest BCUT2D eigenvalue weighted by Crippen LogP contribution is 2.38. The van der Waals surface area contributed by atoms with Crippen LogP contribution in [0.25, 0.3) is 21.8 Å². The molecule has 0 unspecified atom stereocenters. The van der Waals surface area contributed by atoms with Crippen LogP contribution in [-0.4, -0.2) is 28.3 Å². The molecule has 0 spiro atoms. The lowest BCUT2D eigenvalue weighted by atomic mass is 9.77. The zero-order valence-electron chi connectivity index (χ0n) is 20.7. The van der Waals surface area contributed by atoms with Crippen molar-refractivity contribution in [3.05, 3.63) is 76.5 Å². The van der Waals surface area contributed by atoms with Gasteiger partial charge >= 0.3 is 19.5 Å². The summed E-state index contributed by atoms with van der Waals surface area (Å²) in [7, 11) is -0.842. The highest BCUT2D eigenvalue weighted by Gasteiger charge is 2.52. The van der Waals surface area contributed by atoms with Crippen LogP contribution < -0.4 is 5.46 Å². The van der Waals surface area contributed by atoms with E-state index < -0.39 is 41.8 Å². The van der Waals surface area contributed by atoms with Crippen LogP contribution in [0.15, 0.2) is 65.4 Å². The van der Waals surface area contributed by atoms with E-state index in [0.717, 1.165) is 12.1 Å². The predicted octanol–water partition coefficient (Wildman–Crippen LogP) is 7.57. The number of nitrogens with zero attached hydrogens (tertiary/aromatic N) is 2. The van der Waals surface area contributed by atoms with Gasteiger partial charge in [0.1, 0.15) is 0 Å². The smallest absolute Gasteiger partial charge is 0.399 e. The summed E-state index contributed by atoms with van der Waals surface area (Å²) in [6.07, 6.45) is -6.17. The van der Waals surface area contributed by atoms with Crippen molar-refractivity contribution >= 4 is 50.3 Å². The minimum Gasteiger partial charge on any atom is -0.399 e. The van der Waals surface area contributed by atoms with E-state index in [4.69, 9.17) is 9.31 Å². The molecule has 0 amide bonds. The summed E-state index contributed by atoms with van der Waals surface area (Å²) in [5, 5.41) is 0.881. The Balaban J connectivity index is 0.000000194. The van der Waals surface area contributed by atoms with E-state index in [-0.39, 0.29) is 11.0 Å². The summed E-state index contributed by atoms with van der Waals surface area (Å²) in [6.45, 7) is 7.45. The summed E-state index contributed by atoms with van der Waals surface area (Å²) < 4.78 is 90.1. The zero-order chi connectivity index (χ0) is 28.1. The van der Waals surface area contributed by atoms with E-state index in [1.807, 2.05) is 27.7 Å². The topological polar surface area (TPSA) is 44.2 Å². The van der Waals surface area contributed by atoms with Gasteiger partial charge in [0.25, 0.3) is 0 Å². The van der Waals surface area contributed by atoms with Gasteiger partial charge in [-0.2, -0.15) is 26.3 Å². The number of halogens is 7. The summed E-state index contributed by atoms with van der Waals surface area (Å²) in [4.78, 5) is 7.62. The first-order valence-corrected chi connectivity index (χ1v) is 12.2. The van der Waals surface area contributed by atoms with Gasteiger partial charge in [-0.15, -0.1) is 0 Å². The molecule has 2 aromatic carbocycles. The van der Waals surface area contributed by atoms with E-state index in [1.165, 1.54) is 12.4 Å². The molecule has 1 aliphatic heterocycles. The average molecular weight is 599 g/mol. The molecule has 2 aromatic heterocycles. The predicted molar refractivity (Wildman–Crippen MR) is 137 cm³/mol. The second-order valence-corrected chi connectivity index (χ2v) is 10.7.